The Hall–Kier alpha value is -2.43. The Labute approximate surface area is 270 Å². The summed E-state index contributed by atoms with van der Waals surface area (Å²) in [4.78, 5) is 41.2. The van der Waals surface area contributed by atoms with E-state index in [2.05, 4.69) is 25.8 Å². The quantitative estimate of drug-likeness (QED) is 0.128. The van der Waals surface area contributed by atoms with Crippen molar-refractivity contribution in [3.63, 3.8) is 0 Å². The van der Waals surface area contributed by atoms with Crippen LogP contribution < -0.4 is 4.90 Å². The Kier molecular flexibility index (Phi) is 9.35. The van der Waals surface area contributed by atoms with Gasteiger partial charge in [0.1, 0.15) is 41.2 Å². The molecule has 0 amide bonds. The molecule has 42 heavy (non-hydrogen) atoms. The largest absolute Gasteiger partial charge is 0.479 e. The summed E-state index contributed by atoms with van der Waals surface area (Å²) in [5, 5.41) is 21.5. The number of hydrogen-bond acceptors (Lipinski definition) is 10. The number of terminal acetylenes is 1. The zero-order valence-electron chi connectivity index (χ0n) is 22.7. The third-order valence-electron chi connectivity index (χ3n) is 7.76. The minimum Gasteiger partial charge on any atom is -0.479 e. The van der Waals surface area contributed by atoms with Gasteiger partial charge in [-0.25, -0.2) is 19.7 Å². The van der Waals surface area contributed by atoms with Gasteiger partial charge in [0.2, 0.25) is 9.39 Å². The van der Waals surface area contributed by atoms with Crippen LogP contribution in [0.1, 0.15) is 36.9 Å². The van der Waals surface area contributed by atoms with Crippen molar-refractivity contribution >= 4 is 72.3 Å². The molecule has 3 unspecified atom stereocenters. The first-order valence-corrected chi connectivity index (χ1v) is 15.3. The molecular formula is C28H29I2N5O7. The summed E-state index contributed by atoms with van der Waals surface area (Å²) in [5.41, 5.74) is -2.32. The zero-order chi connectivity index (χ0) is 30.1. The van der Waals surface area contributed by atoms with Crippen molar-refractivity contribution in [2.75, 3.05) is 24.7 Å². The molecular weight excluding hydrogens is 772 g/mol. The van der Waals surface area contributed by atoms with Crippen LogP contribution in [0.4, 0.5) is 5.82 Å². The number of aryl methyl sites for hydroxylation is 1. The van der Waals surface area contributed by atoms with Gasteiger partial charge in [0.25, 0.3) is 0 Å². The number of anilines is 1. The number of nitrogens with zero attached hydrogens (tertiary/aromatic N) is 5. The molecule has 12 nitrogen and oxygen atoms in total. The fourth-order valence-corrected chi connectivity index (χ4v) is 6.51. The first kappa shape index (κ1) is 31.0. The van der Waals surface area contributed by atoms with Crippen molar-refractivity contribution in [2.24, 2.45) is 0 Å². The van der Waals surface area contributed by atoms with E-state index in [1.807, 2.05) is 23.0 Å². The topological polar surface area (TPSA) is 149 Å². The first-order chi connectivity index (χ1) is 20.1. The van der Waals surface area contributed by atoms with Crippen molar-refractivity contribution in [1.29, 1.82) is 0 Å². The number of aliphatic carboxylic acids is 1. The van der Waals surface area contributed by atoms with Crippen LogP contribution in [0.2, 0.25) is 0 Å². The Morgan fingerprint density at radius 2 is 2.05 bits per heavy atom. The maximum Gasteiger partial charge on any atom is 0.345 e. The fourth-order valence-electron chi connectivity index (χ4n) is 5.52. The number of carbonyl (C=O) groups is 2. The minimum absolute atomic E-state index is 0.0344. The molecule has 2 aliphatic rings. The van der Waals surface area contributed by atoms with E-state index in [1.165, 1.54) is 22.6 Å². The maximum absolute atomic E-state index is 12.7. The summed E-state index contributed by atoms with van der Waals surface area (Å²) in [6.07, 6.45) is 7.12. The number of carboxylic acids is 1. The lowest BCUT2D eigenvalue weighted by Crippen LogP contribution is -2.52. The summed E-state index contributed by atoms with van der Waals surface area (Å²) in [7, 11) is 0. The molecule has 0 aliphatic carbocycles. The third-order valence-corrected chi connectivity index (χ3v) is 8.99. The predicted octanol–water partition coefficient (Wildman–Crippen LogP) is 3.17. The highest BCUT2D eigenvalue weighted by Crippen LogP contribution is 2.40. The van der Waals surface area contributed by atoms with Crippen LogP contribution in [0.25, 0.3) is 11.2 Å². The van der Waals surface area contributed by atoms with Crippen LogP contribution in [0.3, 0.4) is 0 Å². The molecule has 5 atom stereocenters. The van der Waals surface area contributed by atoms with Gasteiger partial charge in [-0.05, 0) is 25.3 Å². The summed E-state index contributed by atoms with van der Waals surface area (Å²) in [6, 6.07) is 8.86. The number of rotatable bonds is 11. The summed E-state index contributed by atoms with van der Waals surface area (Å²) >= 11 is 3.32. The molecule has 5 rings (SSSR count). The lowest BCUT2D eigenvalue weighted by atomic mass is 9.94. The number of benzene rings is 1. The molecule has 0 radical (unpaired) electrons. The van der Waals surface area contributed by atoms with E-state index in [0.29, 0.717) is 35.0 Å². The average Bonchev–Trinajstić information content (AvgIpc) is 3.68. The van der Waals surface area contributed by atoms with Gasteiger partial charge in [-0.3, -0.25) is 9.36 Å². The second kappa shape index (κ2) is 12.7. The standard InChI is InChI=1S/C28H29I2N5O7/c1-3-27(39)13-21(42-20(27)15-40-28(25(29)36,26(37)38)12-18-8-5-4-6-9-18)35-16-31-22-23(32-17(2)33-24(22)35)34-11-7-10-19(34)14-41-30/h1,4-6,8-9,16,19-21,39H,7,10-15H2,2H3,(H,37,38)/t19-,20?,21?,27+,28?/m1/s1. The Morgan fingerprint density at radius 3 is 2.71 bits per heavy atom. The van der Waals surface area contributed by atoms with Crippen molar-refractivity contribution in [3.8, 4) is 12.3 Å². The van der Waals surface area contributed by atoms with E-state index < -0.39 is 39.9 Å². The van der Waals surface area contributed by atoms with Gasteiger partial charge in [-0.15, -0.1) is 6.42 Å². The molecule has 222 valence electrons. The number of aliphatic hydroxyl groups is 1. The van der Waals surface area contributed by atoms with Gasteiger partial charge < -0.3 is 27.7 Å². The van der Waals surface area contributed by atoms with Gasteiger partial charge in [0.05, 0.1) is 25.6 Å². The second-order valence-corrected chi connectivity index (χ2v) is 12.0. The van der Waals surface area contributed by atoms with E-state index in [9.17, 15) is 19.8 Å². The van der Waals surface area contributed by atoms with Gasteiger partial charge in [0.15, 0.2) is 22.6 Å². The van der Waals surface area contributed by atoms with E-state index in [4.69, 9.17) is 19.0 Å². The molecule has 3 aromatic rings. The number of imidazole rings is 1. The average molecular weight is 801 g/mol. The van der Waals surface area contributed by atoms with Crippen LogP contribution in [-0.2, 0) is 28.5 Å². The molecule has 2 aromatic heterocycles. The van der Waals surface area contributed by atoms with E-state index in [1.54, 1.807) is 48.1 Å². The van der Waals surface area contributed by atoms with Gasteiger partial charge in [-0.2, -0.15) is 0 Å². The molecule has 0 bridgehead atoms. The minimum atomic E-state index is -2.20. The lowest BCUT2D eigenvalue weighted by molar-refractivity contribution is -0.176. The molecule has 1 aromatic carbocycles. The first-order valence-electron chi connectivity index (χ1n) is 13.3. The smallest absolute Gasteiger partial charge is 0.345 e. The van der Waals surface area contributed by atoms with Gasteiger partial charge in [-0.1, -0.05) is 36.3 Å². The second-order valence-electron chi connectivity index (χ2n) is 10.4. The maximum atomic E-state index is 12.7. The molecule has 2 N–H and O–H groups in total. The Balaban J connectivity index is 1.42. The highest BCUT2D eigenvalue weighted by atomic mass is 127. The van der Waals surface area contributed by atoms with E-state index >= 15 is 0 Å². The van der Waals surface area contributed by atoms with E-state index in [0.717, 1.165) is 19.4 Å². The molecule has 0 saturated carbocycles. The van der Waals surface area contributed by atoms with Crippen molar-refractivity contribution < 1.29 is 32.3 Å². The highest BCUT2D eigenvalue weighted by molar-refractivity contribution is 14.1. The fraction of sp³-hybridized carbons (Fsp3) is 0.464. The van der Waals surface area contributed by atoms with Crippen LogP contribution in [0.15, 0.2) is 36.7 Å². The van der Waals surface area contributed by atoms with Crippen LogP contribution in [0, 0.1) is 19.3 Å². The van der Waals surface area contributed by atoms with Gasteiger partial charge in [0, 0.05) is 42.0 Å². The molecule has 2 fully saturated rings. The predicted molar refractivity (Wildman–Crippen MR) is 168 cm³/mol. The van der Waals surface area contributed by atoms with Crippen LogP contribution in [0.5, 0.6) is 0 Å². The summed E-state index contributed by atoms with van der Waals surface area (Å²) < 4.78 is 18.4. The van der Waals surface area contributed by atoms with Crippen molar-refractivity contribution in [2.45, 2.75) is 62.2 Å². The highest BCUT2D eigenvalue weighted by Gasteiger charge is 2.52. The number of ether oxygens (including phenoxy) is 2. The number of carboxylic acid groups (broad SMARTS) is 1. The Bertz CT molecular complexity index is 1500. The number of aromatic nitrogens is 4. The monoisotopic (exact) mass is 801 g/mol. The summed E-state index contributed by atoms with van der Waals surface area (Å²) in [5.74, 6) is 2.18. The number of halogens is 2. The van der Waals surface area contributed by atoms with Crippen molar-refractivity contribution in [1.82, 2.24) is 19.5 Å². The van der Waals surface area contributed by atoms with Crippen molar-refractivity contribution in [3.05, 3.63) is 48.0 Å². The zero-order valence-corrected chi connectivity index (χ0v) is 27.0. The number of fused-ring (bicyclic) bond motifs is 1. The Morgan fingerprint density at radius 1 is 1.29 bits per heavy atom. The molecule has 0 spiro atoms. The third kappa shape index (κ3) is 5.86. The normalized spacial score (nSPS) is 25.4. The molecule has 2 aliphatic heterocycles. The van der Waals surface area contributed by atoms with Gasteiger partial charge >= 0.3 is 5.97 Å². The lowest BCUT2D eigenvalue weighted by Gasteiger charge is -2.30. The van der Waals surface area contributed by atoms with Crippen LogP contribution >= 0.6 is 45.6 Å². The summed E-state index contributed by atoms with van der Waals surface area (Å²) in [6.45, 7) is 2.71. The number of hydrogen-bond donors (Lipinski definition) is 2. The molecule has 2 saturated heterocycles. The van der Waals surface area contributed by atoms with E-state index in [-0.39, 0.29) is 18.9 Å². The molecule has 4 heterocycles. The number of carbonyl (C=O) groups excluding carboxylic acids is 1. The molecule has 14 heteroatoms. The SMILES string of the molecule is C#C[C@]1(O)CC(n2cnc3c(N4CCC[C@@H]4COI)nc(C)nc32)OC1COC(Cc1ccccc1)(C(=O)O)C(=O)I. The van der Waals surface area contributed by atoms with Crippen LogP contribution in [-0.4, -0.2) is 82.6 Å².